The van der Waals surface area contributed by atoms with Gasteiger partial charge in [0.15, 0.2) is 0 Å². The van der Waals surface area contributed by atoms with Gasteiger partial charge in [0.05, 0.1) is 5.02 Å². The van der Waals surface area contributed by atoms with Gasteiger partial charge in [0.2, 0.25) is 0 Å². The van der Waals surface area contributed by atoms with Crippen LogP contribution < -0.4 is 5.73 Å². The van der Waals surface area contributed by atoms with Crippen LogP contribution in [0.3, 0.4) is 0 Å². The molecule has 16 heavy (non-hydrogen) atoms. The molecule has 0 bridgehead atoms. The lowest BCUT2D eigenvalue weighted by Gasteiger charge is -2.18. The van der Waals surface area contributed by atoms with Crippen LogP contribution in [0, 0.1) is 5.92 Å². The molecule has 1 aromatic heterocycles. The van der Waals surface area contributed by atoms with Gasteiger partial charge in [0, 0.05) is 18.4 Å². The summed E-state index contributed by atoms with van der Waals surface area (Å²) in [4.78, 5) is 3.99. The molecular weight excluding hydrogens is 220 g/mol. The van der Waals surface area contributed by atoms with Crippen LogP contribution in [0.1, 0.15) is 37.7 Å². The average Bonchev–Trinajstić information content (AvgIpc) is 2.81. The molecule has 1 aliphatic carbocycles. The minimum Gasteiger partial charge on any atom is -0.327 e. The zero-order valence-electron chi connectivity index (χ0n) is 9.53. The summed E-state index contributed by atoms with van der Waals surface area (Å²) in [5.41, 5.74) is 7.39. The predicted octanol–water partition coefficient (Wildman–Crippen LogP) is 3.19. The Morgan fingerprint density at radius 1 is 1.44 bits per heavy atom. The first-order valence-corrected chi connectivity index (χ1v) is 6.49. The Morgan fingerprint density at radius 3 is 2.88 bits per heavy atom. The summed E-state index contributed by atoms with van der Waals surface area (Å²) in [5, 5.41) is 0.765. The van der Waals surface area contributed by atoms with Crippen molar-refractivity contribution in [2.45, 2.75) is 44.6 Å². The van der Waals surface area contributed by atoms with Crippen molar-refractivity contribution in [3.8, 4) is 0 Å². The van der Waals surface area contributed by atoms with Crippen molar-refractivity contribution in [3.63, 3.8) is 0 Å². The van der Waals surface area contributed by atoms with Gasteiger partial charge >= 0.3 is 0 Å². The van der Waals surface area contributed by atoms with Crippen LogP contribution in [0.5, 0.6) is 0 Å². The smallest absolute Gasteiger partial charge is 0.0621 e. The Balaban J connectivity index is 1.84. The highest BCUT2D eigenvalue weighted by atomic mass is 35.5. The second-order valence-corrected chi connectivity index (χ2v) is 5.12. The third-order valence-electron chi connectivity index (χ3n) is 3.61. The average molecular weight is 239 g/mol. The van der Waals surface area contributed by atoms with Gasteiger partial charge in [-0.05, 0) is 43.2 Å². The number of aromatic nitrogens is 1. The molecule has 0 amide bonds. The van der Waals surface area contributed by atoms with E-state index in [9.17, 15) is 0 Å². The fourth-order valence-corrected chi connectivity index (χ4v) is 2.76. The van der Waals surface area contributed by atoms with Gasteiger partial charge in [0.25, 0.3) is 0 Å². The van der Waals surface area contributed by atoms with E-state index in [-0.39, 0.29) is 0 Å². The van der Waals surface area contributed by atoms with E-state index in [0.717, 1.165) is 23.8 Å². The summed E-state index contributed by atoms with van der Waals surface area (Å²) in [5.74, 6) is 0.737. The van der Waals surface area contributed by atoms with Gasteiger partial charge in [-0.25, -0.2) is 0 Å². The van der Waals surface area contributed by atoms with Crippen LogP contribution >= 0.6 is 11.6 Å². The quantitative estimate of drug-likeness (QED) is 0.875. The van der Waals surface area contributed by atoms with Crippen molar-refractivity contribution in [2.24, 2.45) is 11.7 Å². The monoisotopic (exact) mass is 238 g/mol. The summed E-state index contributed by atoms with van der Waals surface area (Å²) >= 11 is 6.06. The van der Waals surface area contributed by atoms with E-state index < -0.39 is 0 Å². The molecule has 0 radical (unpaired) electrons. The fraction of sp³-hybridized carbons (Fsp3) is 0.615. The highest BCUT2D eigenvalue weighted by Crippen LogP contribution is 2.29. The Bertz CT molecular complexity index is 334. The molecule has 0 spiro atoms. The molecule has 88 valence electrons. The van der Waals surface area contributed by atoms with E-state index >= 15 is 0 Å². The third-order valence-corrected chi connectivity index (χ3v) is 3.95. The number of halogens is 1. The van der Waals surface area contributed by atoms with E-state index in [4.69, 9.17) is 17.3 Å². The number of hydrogen-bond acceptors (Lipinski definition) is 2. The normalized spacial score (nSPS) is 18.9. The first-order chi connectivity index (χ1) is 7.77. The Hall–Kier alpha value is -0.600. The summed E-state index contributed by atoms with van der Waals surface area (Å²) in [6.07, 6.45) is 10.8. The van der Waals surface area contributed by atoms with Crippen LogP contribution in [-0.2, 0) is 6.42 Å². The van der Waals surface area contributed by atoms with Crippen molar-refractivity contribution in [3.05, 3.63) is 29.0 Å². The standard InChI is InChI=1S/C13H19ClN2/c14-12-9-16-8-7-10(12)5-6-13(15)11-3-1-2-4-11/h7-9,11,13H,1-6,15H2. The lowest BCUT2D eigenvalue weighted by molar-refractivity contribution is 0.410. The van der Waals surface area contributed by atoms with Gasteiger partial charge in [-0.1, -0.05) is 24.4 Å². The summed E-state index contributed by atoms with van der Waals surface area (Å²) in [6.45, 7) is 0. The molecule has 3 heteroatoms. The number of nitrogens with two attached hydrogens (primary N) is 1. The number of hydrogen-bond donors (Lipinski definition) is 1. The molecule has 0 aliphatic heterocycles. The molecule has 1 aromatic rings. The van der Waals surface area contributed by atoms with Crippen molar-refractivity contribution in [1.29, 1.82) is 0 Å². The van der Waals surface area contributed by atoms with E-state index in [2.05, 4.69) is 4.98 Å². The van der Waals surface area contributed by atoms with Crippen LogP contribution in [0.25, 0.3) is 0 Å². The molecule has 1 fully saturated rings. The minimum atomic E-state index is 0.340. The van der Waals surface area contributed by atoms with Crippen LogP contribution in [0.15, 0.2) is 18.5 Å². The summed E-state index contributed by atoms with van der Waals surface area (Å²) < 4.78 is 0. The molecule has 1 aliphatic rings. The first-order valence-electron chi connectivity index (χ1n) is 6.11. The van der Waals surface area contributed by atoms with Crippen molar-refractivity contribution in [1.82, 2.24) is 4.98 Å². The van der Waals surface area contributed by atoms with Gasteiger partial charge in [0.1, 0.15) is 0 Å². The Kier molecular flexibility index (Phi) is 4.19. The SMILES string of the molecule is NC(CCc1ccncc1Cl)C1CCCC1. The molecule has 1 saturated carbocycles. The molecular formula is C13H19ClN2. The van der Waals surface area contributed by atoms with Gasteiger partial charge in [-0.15, -0.1) is 0 Å². The number of pyridine rings is 1. The molecule has 2 N–H and O–H groups in total. The minimum absolute atomic E-state index is 0.340. The zero-order chi connectivity index (χ0) is 11.4. The molecule has 0 saturated heterocycles. The fourth-order valence-electron chi connectivity index (χ4n) is 2.55. The van der Waals surface area contributed by atoms with E-state index in [1.807, 2.05) is 6.07 Å². The maximum absolute atomic E-state index is 6.22. The van der Waals surface area contributed by atoms with Crippen molar-refractivity contribution < 1.29 is 0 Å². The predicted molar refractivity (Wildman–Crippen MR) is 67.5 cm³/mol. The second kappa shape index (κ2) is 5.65. The van der Waals surface area contributed by atoms with E-state index in [1.54, 1.807) is 12.4 Å². The highest BCUT2D eigenvalue weighted by molar-refractivity contribution is 6.31. The maximum Gasteiger partial charge on any atom is 0.0621 e. The summed E-state index contributed by atoms with van der Waals surface area (Å²) in [7, 11) is 0. The molecule has 1 heterocycles. The zero-order valence-corrected chi connectivity index (χ0v) is 10.3. The van der Waals surface area contributed by atoms with E-state index in [0.29, 0.717) is 6.04 Å². The van der Waals surface area contributed by atoms with Gasteiger partial charge in [-0.3, -0.25) is 4.98 Å². The van der Waals surface area contributed by atoms with Crippen LogP contribution in [0.4, 0.5) is 0 Å². The largest absolute Gasteiger partial charge is 0.327 e. The lowest BCUT2D eigenvalue weighted by atomic mass is 9.93. The third kappa shape index (κ3) is 2.96. The molecule has 2 nitrogen and oxygen atoms in total. The van der Waals surface area contributed by atoms with Crippen LogP contribution in [0.2, 0.25) is 5.02 Å². The Labute approximate surface area is 102 Å². The van der Waals surface area contributed by atoms with E-state index in [1.165, 1.54) is 31.2 Å². The topological polar surface area (TPSA) is 38.9 Å². The van der Waals surface area contributed by atoms with Crippen molar-refractivity contribution in [2.75, 3.05) is 0 Å². The molecule has 1 atom stereocenters. The molecule has 2 rings (SSSR count). The van der Waals surface area contributed by atoms with Crippen LogP contribution in [-0.4, -0.2) is 11.0 Å². The Morgan fingerprint density at radius 2 is 2.19 bits per heavy atom. The maximum atomic E-state index is 6.22. The summed E-state index contributed by atoms with van der Waals surface area (Å²) in [6, 6.07) is 2.33. The molecule has 0 aromatic carbocycles. The first kappa shape index (κ1) is 11.9. The van der Waals surface area contributed by atoms with Crippen molar-refractivity contribution >= 4 is 11.6 Å². The number of aryl methyl sites for hydroxylation is 1. The lowest BCUT2D eigenvalue weighted by Crippen LogP contribution is -2.28. The number of nitrogens with zero attached hydrogens (tertiary/aromatic N) is 1. The molecule has 1 unspecified atom stereocenters. The highest BCUT2D eigenvalue weighted by Gasteiger charge is 2.21. The van der Waals surface area contributed by atoms with Gasteiger partial charge in [-0.2, -0.15) is 0 Å². The van der Waals surface area contributed by atoms with Gasteiger partial charge < -0.3 is 5.73 Å². The number of rotatable bonds is 4. The second-order valence-electron chi connectivity index (χ2n) is 4.71.